The van der Waals surface area contributed by atoms with Crippen LogP contribution in [0.4, 0.5) is 5.69 Å². The van der Waals surface area contributed by atoms with Crippen LogP contribution in [0.15, 0.2) is 22.7 Å². The van der Waals surface area contributed by atoms with Crippen molar-refractivity contribution in [3.05, 3.63) is 28.2 Å². The second-order valence-corrected chi connectivity index (χ2v) is 6.88. The first kappa shape index (κ1) is 16.9. The molecule has 1 aromatic rings. The Morgan fingerprint density at radius 1 is 1.45 bits per heavy atom. The number of rotatable bonds is 7. The molecule has 0 unspecified atom stereocenters. The minimum Gasteiger partial charge on any atom is -0.478 e. The number of anilines is 1. The van der Waals surface area contributed by atoms with Gasteiger partial charge in [0, 0.05) is 18.1 Å². The maximum atomic E-state index is 12.1. The molecule has 1 aromatic carbocycles. The molecule has 0 aromatic heterocycles. The van der Waals surface area contributed by atoms with Crippen LogP contribution >= 0.6 is 15.9 Å². The smallest absolute Gasteiger partial charge is 0.337 e. The summed E-state index contributed by atoms with van der Waals surface area (Å²) in [5.41, 5.74) is -0.0739. The first-order valence-electron chi connectivity index (χ1n) is 6.05. The minimum atomic E-state index is -3.77. The summed E-state index contributed by atoms with van der Waals surface area (Å²) < 4.78 is 28.1. The number of halogens is 1. The van der Waals surface area contributed by atoms with Gasteiger partial charge >= 0.3 is 16.2 Å². The van der Waals surface area contributed by atoms with E-state index in [9.17, 15) is 13.2 Å². The Bertz CT molecular complexity index is 589. The van der Waals surface area contributed by atoms with Crippen molar-refractivity contribution in [1.82, 2.24) is 4.31 Å². The van der Waals surface area contributed by atoms with Crippen molar-refractivity contribution < 1.29 is 18.3 Å². The topological polar surface area (TPSA) is 86.7 Å². The maximum Gasteiger partial charge on any atom is 0.337 e. The van der Waals surface area contributed by atoms with E-state index in [0.717, 1.165) is 12.8 Å². The first-order valence-corrected chi connectivity index (χ1v) is 8.28. The van der Waals surface area contributed by atoms with E-state index in [1.807, 2.05) is 6.92 Å². The number of hydrogen-bond donors (Lipinski definition) is 2. The van der Waals surface area contributed by atoms with Crippen molar-refractivity contribution in [2.45, 2.75) is 19.8 Å². The predicted molar refractivity (Wildman–Crippen MR) is 81.2 cm³/mol. The third-order valence-electron chi connectivity index (χ3n) is 2.71. The number of carbonyl (C=O) groups is 1. The fourth-order valence-corrected chi connectivity index (χ4v) is 3.11. The molecule has 0 aliphatic rings. The van der Waals surface area contributed by atoms with Crippen molar-refractivity contribution >= 4 is 37.8 Å². The van der Waals surface area contributed by atoms with Gasteiger partial charge in [0.15, 0.2) is 0 Å². The fourth-order valence-electron chi connectivity index (χ4n) is 1.51. The molecule has 1 rings (SSSR count). The summed E-state index contributed by atoms with van der Waals surface area (Å²) in [6, 6.07) is 4.46. The summed E-state index contributed by atoms with van der Waals surface area (Å²) in [6.07, 6.45) is 1.61. The van der Waals surface area contributed by atoms with E-state index in [4.69, 9.17) is 5.11 Å². The van der Waals surface area contributed by atoms with Gasteiger partial charge in [0.25, 0.3) is 0 Å². The average molecular weight is 365 g/mol. The summed E-state index contributed by atoms with van der Waals surface area (Å²) >= 11 is 3.16. The van der Waals surface area contributed by atoms with Gasteiger partial charge in [0.2, 0.25) is 0 Å². The highest BCUT2D eigenvalue weighted by Gasteiger charge is 2.22. The monoisotopic (exact) mass is 364 g/mol. The van der Waals surface area contributed by atoms with Gasteiger partial charge in [0.1, 0.15) is 0 Å². The van der Waals surface area contributed by atoms with Gasteiger partial charge in [-0.1, -0.05) is 19.4 Å². The number of carboxylic acids is 1. The number of nitrogens with zero attached hydrogens (tertiary/aromatic N) is 1. The van der Waals surface area contributed by atoms with Crippen molar-refractivity contribution in [2.24, 2.45) is 0 Å². The van der Waals surface area contributed by atoms with Crippen LogP contribution in [0.2, 0.25) is 0 Å². The Hall–Kier alpha value is -1.12. The molecule has 0 radical (unpaired) electrons. The van der Waals surface area contributed by atoms with Crippen LogP contribution < -0.4 is 4.72 Å². The lowest BCUT2D eigenvalue weighted by molar-refractivity contribution is 0.0698. The highest BCUT2D eigenvalue weighted by molar-refractivity contribution is 9.10. The van der Waals surface area contributed by atoms with E-state index in [0.29, 0.717) is 11.0 Å². The number of nitrogens with one attached hydrogen (secondary N) is 1. The molecule has 0 amide bonds. The normalized spacial score (nSPS) is 11.6. The summed E-state index contributed by atoms with van der Waals surface area (Å²) in [5, 5.41) is 9.10. The van der Waals surface area contributed by atoms with Crippen molar-refractivity contribution in [1.29, 1.82) is 0 Å². The molecular formula is C12H17BrN2O4S. The van der Waals surface area contributed by atoms with Gasteiger partial charge < -0.3 is 5.11 Å². The predicted octanol–water partition coefficient (Wildman–Crippen LogP) is 2.54. The molecule has 8 heteroatoms. The van der Waals surface area contributed by atoms with Crippen molar-refractivity contribution in [3.8, 4) is 0 Å². The zero-order valence-electron chi connectivity index (χ0n) is 11.3. The largest absolute Gasteiger partial charge is 0.478 e. The van der Waals surface area contributed by atoms with Gasteiger partial charge in [-0.3, -0.25) is 4.72 Å². The molecule has 6 nitrogen and oxygen atoms in total. The molecule has 0 aliphatic heterocycles. The van der Waals surface area contributed by atoms with Gasteiger partial charge in [-0.2, -0.15) is 12.7 Å². The second kappa shape index (κ2) is 7.05. The summed E-state index contributed by atoms with van der Waals surface area (Å²) in [7, 11) is -2.32. The molecule has 0 saturated carbocycles. The van der Waals surface area contributed by atoms with E-state index in [2.05, 4.69) is 20.7 Å². The van der Waals surface area contributed by atoms with E-state index in [1.165, 1.54) is 23.5 Å². The number of aromatic carboxylic acids is 1. The van der Waals surface area contributed by atoms with Gasteiger partial charge in [-0.15, -0.1) is 0 Å². The van der Waals surface area contributed by atoms with E-state index < -0.39 is 16.2 Å². The van der Waals surface area contributed by atoms with Gasteiger partial charge in [-0.05, 0) is 34.5 Å². The van der Waals surface area contributed by atoms with Crippen molar-refractivity contribution in [2.75, 3.05) is 18.3 Å². The molecule has 20 heavy (non-hydrogen) atoms. The van der Waals surface area contributed by atoms with Crippen LogP contribution in [-0.2, 0) is 10.2 Å². The molecule has 0 aliphatic carbocycles. The van der Waals surface area contributed by atoms with E-state index >= 15 is 0 Å². The minimum absolute atomic E-state index is 0.0309. The fraction of sp³-hybridized carbons (Fsp3) is 0.417. The Morgan fingerprint density at radius 2 is 2.10 bits per heavy atom. The molecule has 0 spiro atoms. The zero-order valence-corrected chi connectivity index (χ0v) is 13.7. The molecule has 0 heterocycles. The average Bonchev–Trinajstić information content (AvgIpc) is 2.37. The van der Waals surface area contributed by atoms with Gasteiger partial charge in [-0.25, -0.2) is 4.79 Å². The van der Waals surface area contributed by atoms with Crippen molar-refractivity contribution in [3.63, 3.8) is 0 Å². The molecule has 0 atom stereocenters. The number of hydrogen-bond acceptors (Lipinski definition) is 3. The zero-order chi connectivity index (χ0) is 15.3. The van der Waals surface area contributed by atoms with E-state index in [-0.39, 0.29) is 11.3 Å². The molecular weight excluding hydrogens is 348 g/mol. The third-order valence-corrected chi connectivity index (χ3v) is 4.84. The SMILES string of the molecule is CCCCN(C)S(=O)(=O)Nc1c(Br)cccc1C(=O)O. The lowest BCUT2D eigenvalue weighted by atomic mass is 10.2. The standard InChI is InChI=1S/C12H17BrN2O4S/c1-3-4-8-15(2)20(18,19)14-11-9(12(16)17)6-5-7-10(11)13/h5-7,14H,3-4,8H2,1-2H3,(H,16,17). The molecule has 112 valence electrons. The third kappa shape index (κ3) is 4.19. The number of carboxylic acid groups (broad SMARTS) is 1. The summed E-state index contributed by atoms with van der Waals surface area (Å²) in [6.45, 7) is 2.34. The maximum absolute atomic E-state index is 12.1. The van der Waals surface area contributed by atoms with Crippen LogP contribution in [0.3, 0.4) is 0 Å². The highest BCUT2D eigenvalue weighted by Crippen LogP contribution is 2.28. The number of para-hydroxylation sites is 1. The van der Waals surface area contributed by atoms with E-state index in [1.54, 1.807) is 6.07 Å². The number of unbranched alkanes of at least 4 members (excludes halogenated alkanes) is 1. The Labute approximate surface area is 127 Å². The van der Waals surface area contributed by atoms with Crippen LogP contribution in [0.5, 0.6) is 0 Å². The Kier molecular flexibility index (Phi) is 5.97. The van der Waals surface area contributed by atoms with Crippen LogP contribution in [0.1, 0.15) is 30.1 Å². The molecule has 0 bridgehead atoms. The molecule has 0 saturated heterocycles. The van der Waals surface area contributed by atoms with Crippen LogP contribution in [-0.4, -0.2) is 37.4 Å². The Balaban J connectivity index is 3.06. The van der Waals surface area contributed by atoms with Crippen LogP contribution in [0, 0.1) is 0 Å². The highest BCUT2D eigenvalue weighted by atomic mass is 79.9. The lowest BCUT2D eigenvalue weighted by Crippen LogP contribution is -2.33. The molecule has 0 fully saturated rings. The number of benzene rings is 1. The second-order valence-electron chi connectivity index (χ2n) is 4.25. The Morgan fingerprint density at radius 3 is 2.65 bits per heavy atom. The summed E-state index contributed by atoms with van der Waals surface area (Å²) in [5.74, 6) is -1.19. The molecule has 2 N–H and O–H groups in total. The van der Waals surface area contributed by atoms with Crippen LogP contribution in [0.25, 0.3) is 0 Å². The lowest BCUT2D eigenvalue weighted by Gasteiger charge is -2.19. The van der Waals surface area contributed by atoms with Gasteiger partial charge in [0.05, 0.1) is 11.3 Å². The first-order chi connectivity index (χ1) is 9.29. The quantitative estimate of drug-likeness (QED) is 0.778. The summed E-state index contributed by atoms with van der Waals surface area (Å²) in [4.78, 5) is 11.1.